The fraction of sp³-hybridized carbons (Fsp3) is 0.300. The van der Waals surface area contributed by atoms with Gasteiger partial charge in [-0.25, -0.2) is 5.43 Å². The number of benzene rings is 2. The Morgan fingerprint density at radius 2 is 1.84 bits per heavy atom. The molecule has 1 saturated carbocycles. The number of hydrazine groups is 1. The number of fused-ring (bicyclic) bond motifs is 1. The van der Waals surface area contributed by atoms with Gasteiger partial charge in [0, 0.05) is 36.1 Å². The van der Waals surface area contributed by atoms with Crippen LogP contribution in [0.4, 0.5) is 5.69 Å². The van der Waals surface area contributed by atoms with Gasteiger partial charge in [-0.15, -0.1) is 11.3 Å². The molecule has 8 heteroatoms. The molecular formula is C30H31N5O2S. The maximum atomic E-state index is 13.2. The van der Waals surface area contributed by atoms with E-state index < -0.39 is 0 Å². The van der Waals surface area contributed by atoms with Gasteiger partial charge in [0.25, 0.3) is 5.91 Å². The Balaban J connectivity index is 1.04. The number of hydrogen-bond acceptors (Lipinski definition) is 6. The molecular weight excluding hydrogens is 494 g/mol. The molecule has 1 aliphatic carbocycles. The van der Waals surface area contributed by atoms with Crippen LogP contribution in [-0.2, 0) is 17.9 Å². The van der Waals surface area contributed by atoms with Crippen LogP contribution < -0.4 is 16.1 Å². The number of thiophene rings is 1. The zero-order valence-electron chi connectivity index (χ0n) is 21.2. The van der Waals surface area contributed by atoms with Crippen molar-refractivity contribution < 1.29 is 9.59 Å². The van der Waals surface area contributed by atoms with Crippen molar-refractivity contribution in [2.75, 3.05) is 5.32 Å². The number of hydrogen-bond donors (Lipinski definition) is 3. The molecule has 7 nitrogen and oxygen atoms in total. The first-order valence-electron chi connectivity index (χ1n) is 13.2. The second-order valence-corrected chi connectivity index (χ2v) is 11.2. The van der Waals surface area contributed by atoms with Crippen molar-refractivity contribution in [3.8, 4) is 0 Å². The van der Waals surface area contributed by atoms with Crippen LogP contribution in [0.1, 0.15) is 52.9 Å². The molecule has 4 aromatic rings. The highest BCUT2D eigenvalue weighted by Crippen LogP contribution is 2.36. The van der Waals surface area contributed by atoms with Crippen LogP contribution in [0.5, 0.6) is 0 Å². The monoisotopic (exact) mass is 525 g/mol. The van der Waals surface area contributed by atoms with Crippen LogP contribution in [0.25, 0.3) is 10.9 Å². The molecule has 0 radical (unpaired) electrons. The maximum Gasteiger partial charge on any atom is 0.263 e. The van der Waals surface area contributed by atoms with Gasteiger partial charge in [0.1, 0.15) is 4.88 Å². The highest BCUT2D eigenvalue weighted by molar-refractivity contribution is 7.12. The largest absolute Gasteiger partial charge is 0.380 e. The molecule has 0 unspecified atom stereocenters. The van der Waals surface area contributed by atoms with E-state index in [-0.39, 0.29) is 23.4 Å². The first-order chi connectivity index (χ1) is 18.6. The normalized spacial score (nSPS) is 21.2. The summed E-state index contributed by atoms with van der Waals surface area (Å²) in [4.78, 5) is 31.1. The van der Waals surface area contributed by atoms with Gasteiger partial charge in [0.2, 0.25) is 5.91 Å². The molecule has 1 aliphatic heterocycles. The Bertz CT molecular complexity index is 1440. The number of nitrogens with zero attached hydrogens (tertiary/aromatic N) is 2. The second-order valence-electron chi connectivity index (χ2n) is 10.3. The highest BCUT2D eigenvalue weighted by atomic mass is 32.1. The third-order valence-electron chi connectivity index (χ3n) is 7.70. The number of para-hydroxylation sites is 1. The average molecular weight is 526 g/mol. The van der Waals surface area contributed by atoms with E-state index in [1.165, 1.54) is 11.3 Å². The molecule has 3 N–H and O–H groups in total. The Labute approximate surface area is 226 Å². The standard InChI is InChI=1S/C30H31N5O2S/c36-27-18-30(34-35(27)20-21-6-2-1-3-7-21)14-10-23(11-15-30)33-29(37)28-26(13-17-38-28)32-19-22-12-16-31-25-9-5-4-8-24(22)25/h1-9,12-13,16-17,23,32,34H,10-11,14-15,18-20H2,(H,33,37). The van der Waals surface area contributed by atoms with Crippen LogP contribution in [0.15, 0.2) is 78.3 Å². The SMILES string of the molecule is O=C(NC1CCC2(CC1)CC(=O)N(Cc1ccccc1)N2)c1sccc1NCc1ccnc2ccccc12. The number of rotatable bonds is 7. The van der Waals surface area contributed by atoms with Crippen molar-refractivity contribution in [1.29, 1.82) is 0 Å². The van der Waals surface area contributed by atoms with Crippen LogP contribution in [0.2, 0.25) is 0 Å². The zero-order valence-corrected chi connectivity index (χ0v) is 22.0. The fourth-order valence-electron chi connectivity index (χ4n) is 5.65. The van der Waals surface area contributed by atoms with Crippen molar-refractivity contribution >= 4 is 39.7 Å². The van der Waals surface area contributed by atoms with E-state index >= 15 is 0 Å². The van der Waals surface area contributed by atoms with Crippen LogP contribution in [0, 0.1) is 0 Å². The summed E-state index contributed by atoms with van der Waals surface area (Å²) in [7, 11) is 0. The van der Waals surface area contributed by atoms with E-state index in [9.17, 15) is 9.59 Å². The topological polar surface area (TPSA) is 86.4 Å². The Morgan fingerprint density at radius 3 is 2.68 bits per heavy atom. The van der Waals surface area contributed by atoms with Gasteiger partial charge < -0.3 is 10.6 Å². The molecule has 194 valence electrons. The molecule has 0 bridgehead atoms. The lowest BCUT2D eigenvalue weighted by Crippen LogP contribution is -2.51. The minimum atomic E-state index is -0.198. The lowest BCUT2D eigenvalue weighted by Gasteiger charge is -2.37. The third-order valence-corrected chi connectivity index (χ3v) is 8.62. The van der Waals surface area contributed by atoms with E-state index in [0.29, 0.717) is 24.4 Å². The van der Waals surface area contributed by atoms with E-state index in [1.54, 1.807) is 5.01 Å². The van der Waals surface area contributed by atoms with Crippen LogP contribution in [0.3, 0.4) is 0 Å². The predicted octanol–water partition coefficient (Wildman–Crippen LogP) is 5.26. The number of amides is 2. The smallest absolute Gasteiger partial charge is 0.263 e. The second kappa shape index (κ2) is 10.6. The molecule has 38 heavy (non-hydrogen) atoms. The average Bonchev–Trinajstić information content (AvgIpc) is 3.53. The number of carbonyl (C=O) groups is 2. The van der Waals surface area contributed by atoms with Crippen molar-refractivity contribution in [2.45, 2.75) is 56.8 Å². The first-order valence-corrected chi connectivity index (χ1v) is 14.0. The summed E-state index contributed by atoms with van der Waals surface area (Å²) < 4.78 is 0. The summed E-state index contributed by atoms with van der Waals surface area (Å²) in [6.45, 7) is 1.19. The third kappa shape index (κ3) is 5.14. The van der Waals surface area contributed by atoms with Crippen LogP contribution in [-0.4, -0.2) is 33.4 Å². The quantitative estimate of drug-likeness (QED) is 0.307. The first kappa shape index (κ1) is 24.6. The molecule has 2 aromatic carbocycles. The van der Waals surface area contributed by atoms with Gasteiger partial charge in [0.15, 0.2) is 0 Å². The van der Waals surface area contributed by atoms with E-state index in [4.69, 9.17) is 0 Å². The van der Waals surface area contributed by atoms with Gasteiger partial charge in [-0.05, 0) is 60.4 Å². The van der Waals surface area contributed by atoms with E-state index in [1.807, 2.05) is 72.2 Å². The van der Waals surface area contributed by atoms with Gasteiger partial charge >= 0.3 is 0 Å². The number of aromatic nitrogens is 1. The summed E-state index contributed by atoms with van der Waals surface area (Å²) in [6, 6.07) is 22.2. The van der Waals surface area contributed by atoms with Crippen molar-refractivity contribution in [3.63, 3.8) is 0 Å². The summed E-state index contributed by atoms with van der Waals surface area (Å²) in [6.07, 6.45) is 5.76. The van der Waals surface area contributed by atoms with Crippen molar-refractivity contribution in [1.82, 2.24) is 20.7 Å². The zero-order chi connectivity index (χ0) is 26.0. The number of nitrogens with one attached hydrogen (secondary N) is 3. The fourth-order valence-corrected chi connectivity index (χ4v) is 6.42. The van der Waals surface area contributed by atoms with Gasteiger partial charge in [-0.1, -0.05) is 48.5 Å². The van der Waals surface area contributed by atoms with Gasteiger partial charge in [-0.2, -0.15) is 0 Å². The molecule has 6 rings (SSSR count). The Morgan fingerprint density at radius 1 is 1.05 bits per heavy atom. The minimum Gasteiger partial charge on any atom is -0.380 e. The number of carbonyl (C=O) groups excluding carboxylic acids is 2. The molecule has 2 aromatic heterocycles. The Hall–Kier alpha value is -3.75. The van der Waals surface area contributed by atoms with Crippen LogP contribution >= 0.6 is 11.3 Å². The van der Waals surface area contributed by atoms with Gasteiger partial charge in [0.05, 0.1) is 17.7 Å². The summed E-state index contributed by atoms with van der Waals surface area (Å²) in [5, 5.41) is 11.5. The number of pyridine rings is 1. The van der Waals surface area contributed by atoms with E-state index in [2.05, 4.69) is 27.1 Å². The van der Waals surface area contributed by atoms with E-state index in [0.717, 1.165) is 53.4 Å². The molecule has 1 spiro atoms. The lowest BCUT2D eigenvalue weighted by molar-refractivity contribution is -0.130. The summed E-state index contributed by atoms with van der Waals surface area (Å²) in [5.41, 5.74) is 7.39. The minimum absolute atomic E-state index is 0.0378. The Kier molecular flexibility index (Phi) is 6.82. The summed E-state index contributed by atoms with van der Waals surface area (Å²) in [5.74, 6) is 0.108. The molecule has 0 atom stereocenters. The molecule has 2 amide bonds. The molecule has 3 heterocycles. The maximum absolute atomic E-state index is 13.2. The summed E-state index contributed by atoms with van der Waals surface area (Å²) >= 11 is 1.45. The highest BCUT2D eigenvalue weighted by Gasteiger charge is 2.45. The number of anilines is 1. The lowest BCUT2D eigenvalue weighted by atomic mass is 9.78. The predicted molar refractivity (Wildman–Crippen MR) is 151 cm³/mol. The molecule has 1 saturated heterocycles. The van der Waals surface area contributed by atoms with Crippen molar-refractivity contribution in [2.24, 2.45) is 0 Å². The van der Waals surface area contributed by atoms with Crippen molar-refractivity contribution in [3.05, 3.63) is 94.3 Å². The van der Waals surface area contributed by atoms with Gasteiger partial charge in [-0.3, -0.25) is 19.6 Å². The molecule has 2 aliphatic rings. The molecule has 2 fully saturated rings.